The first kappa shape index (κ1) is 18.1. The summed E-state index contributed by atoms with van der Waals surface area (Å²) in [4.78, 5) is 4.70. The molecule has 7 heteroatoms. The molecule has 2 aliphatic rings. The van der Waals surface area contributed by atoms with Gasteiger partial charge in [0.15, 0.2) is 16.6 Å². The van der Waals surface area contributed by atoms with Crippen LogP contribution in [0.2, 0.25) is 0 Å². The topological polar surface area (TPSA) is 46.2 Å². The number of benzene rings is 1. The Morgan fingerprint density at radius 3 is 2.12 bits per heavy atom. The summed E-state index contributed by atoms with van der Waals surface area (Å²) >= 11 is 5.50. The minimum atomic E-state index is 0.616. The number of hydrogen-bond acceptors (Lipinski definition) is 5. The molecule has 1 heterocycles. The maximum Gasteiger partial charge on any atom is 0.203 e. The smallest absolute Gasteiger partial charge is 0.203 e. The second-order valence-electron chi connectivity index (χ2n) is 6.52. The predicted octanol–water partition coefficient (Wildman–Crippen LogP) is 1.87. The highest BCUT2D eigenvalue weighted by atomic mass is 32.1. The van der Waals surface area contributed by atoms with Crippen molar-refractivity contribution in [3.05, 3.63) is 17.7 Å². The molecule has 1 saturated carbocycles. The fraction of sp³-hybridized carbons (Fsp3) is 0.611. The van der Waals surface area contributed by atoms with Crippen LogP contribution >= 0.6 is 12.2 Å². The molecule has 0 aromatic heterocycles. The van der Waals surface area contributed by atoms with E-state index in [0.29, 0.717) is 23.3 Å². The molecule has 2 fully saturated rings. The third kappa shape index (κ3) is 4.46. The van der Waals surface area contributed by atoms with Crippen molar-refractivity contribution in [2.75, 3.05) is 47.5 Å². The van der Waals surface area contributed by atoms with Gasteiger partial charge in [0.1, 0.15) is 0 Å². The third-order valence-corrected chi connectivity index (χ3v) is 5.07. The maximum absolute atomic E-state index is 5.50. The van der Waals surface area contributed by atoms with Crippen LogP contribution in [0.15, 0.2) is 12.1 Å². The number of thiocarbonyl (C=S) groups is 1. The Hall–Kier alpha value is -1.73. The van der Waals surface area contributed by atoms with Crippen LogP contribution in [-0.2, 0) is 6.54 Å². The summed E-state index contributed by atoms with van der Waals surface area (Å²) in [7, 11) is 4.92. The first-order chi connectivity index (χ1) is 12.1. The summed E-state index contributed by atoms with van der Waals surface area (Å²) in [5.41, 5.74) is 1.15. The SMILES string of the molecule is COc1cc(CN2CCN(C(=S)NC3CC3)CC2)cc(OC)c1OC. The number of hydrogen-bond donors (Lipinski definition) is 1. The molecule has 1 aromatic carbocycles. The average Bonchev–Trinajstić information content (AvgIpc) is 3.45. The van der Waals surface area contributed by atoms with E-state index in [2.05, 4.69) is 15.1 Å². The zero-order valence-corrected chi connectivity index (χ0v) is 16.0. The molecule has 1 N–H and O–H groups in total. The van der Waals surface area contributed by atoms with Crippen LogP contribution in [0.4, 0.5) is 0 Å². The Balaban J connectivity index is 1.58. The van der Waals surface area contributed by atoms with Crippen molar-refractivity contribution in [2.24, 2.45) is 0 Å². The van der Waals surface area contributed by atoms with Crippen molar-refractivity contribution in [2.45, 2.75) is 25.4 Å². The highest BCUT2D eigenvalue weighted by Crippen LogP contribution is 2.38. The standard InChI is InChI=1S/C18H27N3O3S/c1-22-15-10-13(11-16(23-2)17(15)24-3)12-20-6-8-21(9-7-20)18(25)19-14-4-5-14/h10-11,14H,4-9,12H2,1-3H3,(H,19,25). The highest BCUT2D eigenvalue weighted by molar-refractivity contribution is 7.80. The molecule has 1 aromatic rings. The van der Waals surface area contributed by atoms with Gasteiger partial charge in [-0.25, -0.2) is 0 Å². The maximum atomic E-state index is 5.50. The first-order valence-electron chi connectivity index (χ1n) is 8.71. The second kappa shape index (κ2) is 8.10. The van der Waals surface area contributed by atoms with E-state index in [1.165, 1.54) is 12.8 Å². The average molecular weight is 365 g/mol. The Morgan fingerprint density at radius 1 is 1.04 bits per heavy atom. The van der Waals surface area contributed by atoms with E-state index >= 15 is 0 Å². The lowest BCUT2D eigenvalue weighted by Crippen LogP contribution is -2.51. The highest BCUT2D eigenvalue weighted by Gasteiger charge is 2.26. The van der Waals surface area contributed by atoms with Gasteiger partial charge in [-0.3, -0.25) is 4.90 Å². The lowest BCUT2D eigenvalue weighted by Gasteiger charge is -2.36. The lowest BCUT2D eigenvalue weighted by molar-refractivity contribution is 0.174. The van der Waals surface area contributed by atoms with Crippen LogP contribution < -0.4 is 19.5 Å². The number of methoxy groups -OCH3 is 3. The summed E-state index contributed by atoms with van der Waals surface area (Å²) in [6.07, 6.45) is 2.50. The summed E-state index contributed by atoms with van der Waals surface area (Å²) < 4.78 is 16.3. The molecule has 1 saturated heterocycles. The van der Waals surface area contributed by atoms with E-state index in [9.17, 15) is 0 Å². The molecule has 0 atom stereocenters. The van der Waals surface area contributed by atoms with Gasteiger partial charge in [-0.15, -0.1) is 0 Å². The van der Waals surface area contributed by atoms with Gasteiger partial charge in [-0.2, -0.15) is 0 Å². The molecule has 138 valence electrons. The Bertz CT molecular complexity index is 589. The lowest BCUT2D eigenvalue weighted by atomic mass is 10.1. The van der Waals surface area contributed by atoms with Crippen molar-refractivity contribution >= 4 is 17.3 Å². The van der Waals surface area contributed by atoms with Gasteiger partial charge in [0.05, 0.1) is 21.3 Å². The van der Waals surface area contributed by atoms with Gasteiger partial charge in [0, 0.05) is 38.8 Å². The fourth-order valence-corrected chi connectivity index (χ4v) is 3.44. The Morgan fingerprint density at radius 2 is 1.64 bits per heavy atom. The van der Waals surface area contributed by atoms with E-state index in [1.807, 2.05) is 12.1 Å². The second-order valence-corrected chi connectivity index (χ2v) is 6.91. The summed E-state index contributed by atoms with van der Waals surface area (Å²) in [5.74, 6) is 2.03. The number of nitrogens with zero attached hydrogens (tertiary/aromatic N) is 2. The largest absolute Gasteiger partial charge is 0.493 e. The van der Waals surface area contributed by atoms with E-state index in [-0.39, 0.29) is 0 Å². The summed E-state index contributed by atoms with van der Waals surface area (Å²) in [6.45, 7) is 4.76. The van der Waals surface area contributed by atoms with Crippen LogP contribution in [0, 0.1) is 0 Å². The fourth-order valence-electron chi connectivity index (χ4n) is 3.09. The van der Waals surface area contributed by atoms with Gasteiger partial charge in [-0.1, -0.05) is 0 Å². The predicted molar refractivity (Wildman–Crippen MR) is 102 cm³/mol. The van der Waals surface area contributed by atoms with Crippen LogP contribution in [0.5, 0.6) is 17.2 Å². The molecule has 25 heavy (non-hydrogen) atoms. The zero-order chi connectivity index (χ0) is 17.8. The number of ether oxygens (including phenoxy) is 3. The summed E-state index contributed by atoms with van der Waals surface area (Å²) in [5, 5.41) is 4.33. The van der Waals surface area contributed by atoms with Crippen LogP contribution in [0.3, 0.4) is 0 Å². The van der Waals surface area contributed by atoms with Gasteiger partial charge >= 0.3 is 0 Å². The van der Waals surface area contributed by atoms with Crippen LogP contribution in [0.25, 0.3) is 0 Å². The third-order valence-electron chi connectivity index (χ3n) is 4.70. The van der Waals surface area contributed by atoms with E-state index in [4.69, 9.17) is 26.4 Å². The quantitative estimate of drug-likeness (QED) is 0.772. The number of nitrogens with one attached hydrogen (secondary N) is 1. The Labute approximate surface area is 155 Å². The molecule has 1 aliphatic carbocycles. The molecular formula is C18H27N3O3S. The molecule has 0 radical (unpaired) electrons. The zero-order valence-electron chi connectivity index (χ0n) is 15.2. The van der Waals surface area contributed by atoms with E-state index in [1.54, 1.807) is 21.3 Å². The van der Waals surface area contributed by atoms with Crippen molar-refractivity contribution in [3.8, 4) is 17.2 Å². The minimum Gasteiger partial charge on any atom is -0.493 e. The van der Waals surface area contributed by atoms with Gasteiger partial charge in [0.2, 0.25) is 5.75 Å². The molecule has 1 aliphatic heterocycles. The van der Waals surface area contributed by atoms with Crippen molar-refractivity contribution in [1.29, 1.82) is 0 Å². The van der Waals surface area contributed by atoms with E-state index in [0.717, 1.165) is 43.4 Å². The minimum absolute atomic E-state index is 0.616. The molecular weight excluding hydrogens is 338 g/mol. The number of rotatable bonds is 6. The Kier molecular flexibility index (Phi) is 5.86. The molecule has 3 rings (SSSR count). The number of piperazine rings is 1. The van der Waals surface area contributed by atoms with Crippen molar-refractivity contribution in [3.63, 3.8) is 0 Å². The monoisotopic (exact) mass is 365 g/mol. The van der Waals surface area contributed by atoms with Gasteiger partial charge < -0.3 is 24.4 Å². The molecule has 0 spiro atoms. The normalized spacial score (nSPS) is 18.0. The molecule has 0 bridgehead atoms. The van der Waals surface area contributed by atoms with Gasteiger partial charge in [-0.05, 0) is 42.8 Å². The van der Waals surface area contributed by atoms with Crippen LogP contribution in [0.1, 0.15) is 18.4 Å². The molecule has 0 unspecified atom stereocenters. The van der Waals surface area contributed by atoms with Crippen LogP contribution in [-0.4, -0.2) is 68.5 Å². The summed E-state index contributed by atoms with van der Waals surface area (Å²) in [6, 6.07) is 4.66. The van der Waals surface area contributed by atoms with Crippen molar-refractivity contribution < 1.29 is 14.2 Å². The molecule has 6 nitrogen and oxygen atoms in total. The first-order valence-corrected chi connectivity index (χ1v) is 9.12. The van der Waals surface area contributed by atoms with Gasteiger partial charge in [0.25, 0.3) is 0 Å². The van der Waals surface area contributed by atoms with E-state index < -0.39 is 0 Å². The molecule has 0 amide bonds. The van der Waals surface area contributed by atoms with Crippen molar-refractivity contribution in [1.82, 2.24) is 15.1 Å².